The number of aliphatic hydroxyl groups excluding tert-OH is 1. The number of rotatable bonds is 5. The maximum absolute atomic E-state index is 12.3. The second kappa shape index (κ2) is 8.73. The van der Waals surface area contributed by atoms with E-state index in [2.05, 4.69) is 34.5 Å². The van der Waals surface area contributed by atoms with Crippen LogP contribution in [0.5, 0.6) is 0 Å². The second-order valence-corrected chi connectivity index (χ2v) is 14.1. The molecule has 4 aliphatic carbocycles. The van der Waals surface area contributed by atoms with Crippen molar-refractivity contribution in [2.45, 2.75) is 119 Å². The van der Waals surface area contributed by atoms with Crippen LogP contribution in [0.2, 0.25) is 0 Å². The highest BCUT2D eigenvalue weighted by atomic mass is 16.3. The number of hydrogen-bond donors (Lipinski definition) is 3. The van der Waals surface area contributed by atoms with E-state index in [0.29, 0.717) is 41.8 Å². The van der Waals surface area contributed by atoms with Gasteiger partial charge in [0, 0.05) is 46.9 Å². The molecule has 4 bridgehead atoms. The van der Waals surface area contributed by atoms with Crippen LogP contribution in [0.15, 0.2) is 36.4 Å². The Bertz CT molecular complexity index is 1110. The van der Waals surface area contributed by atoms with Crippen LogP contribution in [0.25, 0.3) is 0 Å². The van der Waals surface area contributed by atoms with Crippen LogP contribution in [0.1, 0.15) is 98.9 Å². The molecule has 6 fully saturated rings. The van der Waals surface area contributed by atoms with Crippen molar-refractivity contribution in [1.82, 2.24) is 10.2 Å². The molecule has 1 spiro atoms. The fourth-order valence-electron chi connectivity index (χ4n) is 11.1. The van der Waals surface area contributed by atoms with Gasteiger partial charge < -0.3 is 15.5 Å². The zero-order valence-corrected chi connectivity index (χ0v) is 22.6. The molecule has 0 aromatic heterocycles. The monoisotopic (exact) mass is 516 g/mol. The first-order valence-electron chi connectivity index (χ1n) is 15.7. The molecule has 3 N–H and O–H groups in total. The number of fused-ring (bicyclic) bond motifs is 2. The molecule has 11 unspecified atom stereocenters. The van der Waals surface area contributed by atoms with Crippen molar-refractivity contribution in [2.24, 2.45) is 29.1 Å². The molecule has 0 radical (unpaired) electrons. The summed E-state index contributed by atoms with van der Waals surface area (Å²) >= 11 is 0. The molecule has 5 nitrogen and oxygen atoms in total. The summed E-state index contributed by atoms with van der Waals surface area (Å²) in [5.41, 5.74) is 1.42. The van der Waals surface area contributed by atoms with Gasteiger partial charge in [0.2, 0.25) is 0 Å². The van der Waals surface area contributed by atoms with Crippen LogP contribution < -0.4 is 5.32 Å². The Balaban J connectivity index is 1.13. The molecule has 4 aliphatic heterocycles. The fraction of sp³-hybridized carbons (Fsp3) is 0.727. The zero-order chi connectivity index (χ0) is 25.6. The molecule has 5 heteroatoms. The molecular formula is C33H44N2O3. The lowest BCUT2D eigenvalue weighted by atomic mass is 9.64. The SMILES string of the molecule is O=Cc1ccc(C(C2CCCCC2)C2C3C=CC4N2C4(O)C3C2CCC3CC(O)C4(CCCC4)C3N2)cc1. The van der Waals surface area contributed by atoms with E-state index < -0.39 is 5.72 Å². The van der Waals surface area contributed by atoms with Gasteiger partial charge in [-0.15, -0.1) is 0 Å². The predicted octanol–water partition coefficient (Wildman–Crippen LogP) is 4.78. The van der Waals surface area contributed by atoms with Crippen LogP contribution in [-0.2, 0) is 0 Å². The normalized spacial score (nSPS) is 47.3. The lowest BCUT2D eigenvalue weighted by Gasteiger charge is -2.47. The summed E-state index contributed by atoms with van der Waals surface area (Å²) in [5.74, 6) is 2.14. The molecule has 3 saturated carbocycles. The first-order chi connectivity index (χ1) is 18.6. The molecule has 204 valence electrons. The smallest absolute Gasteiger partial charge is 0.150 e. The van der Waals surface area contributed by atoms with Gasteiger partial charge in [-0.3, -0.25) is 9.69 Å². The van der Waals surface area contributed by atoms with Gasteiger partial charge in [0.15, 0.2) is 0 Å². The first kappa shape index (κ1) is 24.3. The Morgan fingerprint density at radius 2 is 1.74 bits per heavy atom. The third kappa shape index (κ3) is 3.22. The molecule has 1 aromatic rings. The quantitative estimate of drug-likeness (QED) is 0.298. The molecule has 8 aliphatic rings. The second-order valence-electron chi connectivity index (χ2n) is 14.1. The first-order valence-corrected chi connectivity index (χ1v) is 15.7. The van der Waals surface area contributed by atoms with Crippen LogP contribution in [0, 0.1) is 29.1 Å². The Kier molecular flexibility index (Phi) is 5.58. The highest BCUT2D eigenvalue weighted by Crippen LogP contribution is 2.67. The van der Waals surface area contributed by atoms with Gasteiger partial charge in [0.1, 0.15) is 12.0 Å². The van der Waals surface area contributed by atoms with Gasteiger partial charge in [-0.1, -0.05) is 68.5 Å². The standard InChI is InChI=1S/C33H44N2O3/c36-19-20-8-10-22(11-9-20)28(21-6-2-1-3-7-21)30-24-13-15-26-33(38,35(26)30)29(24)25-14-12-23-18-27(37)32(31(23)34-25)16-4-5-17-32/h8-11,13,15,19,21,23-31,34,37-38H,1-7,12,14,16-18H2. The van der Waals surface area contributed by atoms with Gasteiger partial charge in [-0.25, -0.2) is 0 Å². The highest BCUT2D eigenvalue weighted by molar-refractivity contribution is 5.74. The number of aldehydes is 1. The summed E-state index contributed by atoms with van der Waals surface area (Å²) in [6.07, 6.45) is 20.1. The van der Waals surface area contributed by atoms with Crippen LogP contribution in [0.4, 0.5) is 0 Å². The number of aliphatic hydroxyl groups is 2. The van der Waals surface area contributed by atoms with E-state index in [1.54, 1.807) is 0 Å². The van der Waals surface area contributed by atoms with Gasteiger partial charge in [-0.05, 0) is 62.3 Å². The minimum absolute atomic E-state index is 0.0625. The zero-order valence-electron chi connectivity index (χ0n) is 22.6. The van der Waals surface area contributed by atoms with Gasteiger partial charge in [0.05, 0.1) is 12.1 Å². The van der Waals surface area contributed by atoms with E-state index >= 15 is 0 Å². The van der Waals surface area contributed by atoms with Gasteiger partial charge >= 0.3 is 0 Å². The lowest BCUT2D eigenvalue weighted by Crippen LogP contribution is -2.59. The van der Waals surface area contributed by atoms with Crippen molar-refractivity contribution in [3.63, 3.8) is 0 Å². The van der Waals surface area contributed by atoms with E-state index in [4.69, 9.17) is 0 Å². The molecule has 9 rings (SSSR count). The van der Waals surface area contributed by atoms with Crippen molar-refractivity contribution >= 4 is 6.29 Å². The topological polar surface area (TPSA) is 72.6 Å². The summed E-state index contributed by atoms with van der Waals surface area (Å²) in [4.78, 5) is 13.9. The van der Waals surface area contributed by atoms with Gasteiger partial charge in [0.25, 0.3) is 0 Å². The summed E-state index contributed by atoms with van der Waals surface area (Å²) in [7, 11) is 0. The molecule has 1 aromatic carbocycles. The molecular weight excluding hydrogens is 472 g/mol. The van der Waals surface area contributed by atoms with E-state index in [1.165, 1.54) is 56.9 Å². The summed E-state index contributed by atoms with van der Waals surface area (Å²) in [6, 6.07) is 9.54. The van der Waals surface area contributed by atoms with Crippen LogP contribution in [0.3, 0.4) is 0 Å². The summed E-state index contributed by atoms with van der Waals surface area (Å²) < 4.78 is 0. The van der Waals surface area contributed by atoms with Crippen molar-refractivity contribution in [1.29, 1.82) is 0 Å². The maximum Gasteiger partial charge on any atom is 0.150 e. The number of benzene rings is 1. The average molecular weight is 517 g/mol. The van der Waals surface area contributed by atoms with Crippen molar-refractivity contribution in [3.05, 3.63) is 47.5 Å². The maximum atomic E-state index is 12.3. The number of carbonyl (C=O) groups is 1. The van der Waals surface area contributed by atoms with Crippen LogP contribution in [-0.4, -0.2) is 57.4 Å². The number of carbonyl (C=O) groups excluding carboxylic acids is 1. The Morgan fingerprint density at radius 3 is 2.47 bits per heavy atom. The van der Waals surface area contributed by atoms with E-state index in [-0.39, 0.29) is 23.5 Å². The average Bonchev–Trinajstić information content (AvgIpc) is 3.24. The highest BCUT2D eigenvalue weighted by Gasteiger charge is 2.79. The van der Waals surface area contributed by atoms with Crippen LogP contribution >= 0.6 is 0 Å². The van der Waals surface area contributed by atoms with Gasteiger partial charge in [-0.2, -0.15) is 0 Å². The Morgan fingerprint density at radius 1 is 0.974 bits per heavy atom. The van der Waals surface area contributed by atoms with E-state index in [9.17, 15) is 15.0 Å². The summed E-state index contributed by atoms with van der Waals surface area (Å²) in [6.45, 7) is 0. The summed E-state index contributed by atoms with van der Waals surface area (Å²) in [5, 5.41) is 27.6. The van der Waals surface area contributed by atoms with Crippen molar-refractivity contribution in [3.8, 4) is 0 Å². The minimum atomic E-state index is -0.732. The Labute approximate surface area is 227 Å². The largest absolute Gasteiger partial charge is 0.392 e. The third-order valence-electron chi connectivity index (χ3n) is 12.7. The molecule has 38 heavy (non-hydrogen) atoms. The van der Waals surface area contributed by atoms with E-state index in [1.807, 2.05) is 12.1 Å². The number of piperidine rings is 2. The predicted molar refractivity (Wildman–Crippen MR) is 147 cm³/mol. The lowest BCUT2D eigenvalue weighted by molar-refractivity contribution is 0.000375. The number of hydrogen-bond acceptors (Lipinski definition) is 5. The molecule has 0 amide bonds. The van der Waals surface area contributed by atoms with Crippen molar-refractivity contribution in [2.75, 3.05) is 0 Å². The molecule has 4 heterocycles. The Hall–Kier alpha value is -1.53. The van der Waals surface area contributed by atoms with E-state index in [0.717, 1.165) is 37.5 Å². The minimum Gasteiger partial charge on any atom is -0.392 e. The number of nitrogens with one attached hydrogen (secondary N) is 1. The number of nitrogens with zero attached hydrogens (tertiary/aromatic N) is 1. The molecule has 11 atom stereocenters. The molecule has 3 saturated heterocycles. The van der Waals surface area contributed by atoms with Crippen molar-refractivity contribution < 1.29 is 15.0 Å². The third-order valence-corrected chi connectivity index (χ3v) is 12.7. The fourth-order valence-corrected chi connectivity index (χ4v) is 11.1.